The summed E-state index contributed by atoms with van der Waals surface area (Å²) in [5, 5.41) is 15.4. The van der Waals surface area contributed by atoms with Crippen molar-refractivity contribution in [3.8, 4) is 22.6 Å². The van der Waals surface area contributed by atoms with E-state index in [9.17, 15) is 9.59 Å². The van der Waals surface area contributed by atoms with Gasteiger partial charge in [0, 0.05) is 24.2 Å². The Labute approximate surface area is 214 Å². The molecule has 0 saturated heterocycles. The van der Waals surface area contributed by atoms with Gasteiger partial charge in [0.2, 0.25) is 0 Å². The van der Waals surface area contributed by atoms with E-state index in [0.29, 0.717) is 50.6 Å². The van der Waals surface area contributed by atoms with Crippen molar-refractivity contribution >= 4 is 28.8 Å². The molecule has 0 aliphatic carbocycles. The Morgan fingerprint density at radius 2 is 2.11 bits per heavy atom. The molecule has 0 spiro atoms. The van der Waals surface area contributed by atoms with Crippen molar-refractivity contribution in [3.05, 3.63) is 98.6 Å². The third-order valence-corrected chi connectivity index (χ3v) is 6.47. The van der Waals surface area contributed by atoms with Crippen LogP contribution in [0.1, 0.15) is 15.4 Å². The maximum Gasteiger partial charge on any atom is 0.261 e. The van der Waals surface area contributed by atoms with Crippen LogP contribution in [-0.2, 0) is 13.1 Å². The quantitative estimate of drug-likeness (QED) is 0.306. The largest absolute Gasteiger partial charge is 0.489 e. The monoisotopic (exact) mass is 521 g/mol. The van der Waals surface area contributed by atoms with Crippen molar-refractivity contribution in [2.75, 3.05) is 6.61 Å². The van der Waals surface area contributed by atoms with Gasteiger partial charge < -0.3 is 15.0 Å². The molecule has 2 N–H and O–H groups in total. The van der Waals surface area contributed by atoms with Gasteiger partial charge in [-0.3, -0.25) is 14.3 Å². The fraction of sp³-hybridized carbons (Fsp3) is 0.125. The minimum atomic E-state index is -0.235. The first-order valence-electron chi connectivity index (χ1n) is 10.9. The minimum Gasteiger partial charge on any atom is -0.489 e. The third kappa shape index (κ3) is 5.37. The molecule has 4 heterocycles. The maximum absolute atomic E-state index is 12.3. The third-order valence-electron chi connectivity index (χ3n) is 5.24. The molecule has 36 heavy (non-hydrogen) atoms. The SMILES string of the molecule is O=C(NCc1cn(-c2ccc(-c3ccc[nH]c3=O)cc2OCCn2cccn2)nn1)c1ccc(Cl)s1. The molecule has 0 aliphatic rings. The molecule has 10 nitrogen and oxygen atoms in total. The number of hydrogen-bond donors (Lipinski definition) is 2. The molecule has 0 bridgehead atoms. The number of rotatable bonds is 9. The number of pyridine rings is 1. The molecular weight excluding hydrogens is 502 g/mol. The number of nitrogens with zero attached hydrogens (tertiary/aromatic N) is 5. The Balaban J connectivity index is 1.37. The van der Waals surface area contributed by atoms with Crippen molar-refractivity contribution in [1.29, 1.82) is 0 Å². The van der Waals surface area contributed by atoms with Gasteiger partial charge in [-0.1, -0.05) is 22.9 Å². The first-order chi connectivity index (χ1) is 17.6. The van der Waals surface area contributed by atoms with Gasteiger partial charge >= 0.3 is 0 Å². The number of amides is 1. The van der Waals surface area contributed by atoms with Gasteiger partial charge in [0.1, 0.15) is 23.7 Å². The predicted molar refractivity (Wildman–Crippen MR) is 136 cm³/mol. The molecule has 0 fully saturated rings. The van der Waals surface area contributed by atoms with Crippen LogP contribution < -0.4 is 15.6 Å². The summed E-state index contributed by atoms with van der Waals surface area (Å²) in [6, 6.07) is 14.1. The number of nitrogens with one attached hydrogen (secondary N) is 2. The van der Waals surface area contributed by atoms with E-state index in [1.54, 1.807) is 58.3 Å². The van der Waals surface area contributed by atoms with Gasteiger partial charge in [0.05, 0.1) is 28.5 Å². The second-order valence-electron chi connectivity index (χ2n) is 7.65. The number of ether oxygens (including phenoxy) is 1. The number of carbonyl (C=O) groups excluding carboxylic acids is 1. The molecule has 4 aromatic heterocycles. The zero-order valence-corrected chi connectivity index (χ0v) is 20.4. The number of hydrogen-bond acceptors (Lipinski definition) is 7. The average molecular weight is 522 g/mol. The van der Waals surface area contributed by atoms with Crippen molar-refractivity contribution in [2.45, 2.75) is 13.1 Å². The number of aromatic amines is 1. The van der Waals surface area contributed by atoms with Crippen LogP contribution >= 0.6 is 22.9 Å². The molecule has 5 rings (SSSR count). The summed E-state index contributed by atoms with van der Waals surface area (Å²) in [5.74, 6) is 0.290. The number of H-pyrrole nitrogens is 1. The van der Waals surface area contributed by atoms with E-state index in [0.717, 1.165) is 0 Å². The second kappa shape index (κ2) is 10.6. The first kappa shape index (κ1) is 23.5. The fourth-order valence-electron chi connectivity index (χ4n) is 3.51. The summed E-state index contributed by atoms with van der Waals surface area (Å²) < 4.78 is 9.98. The van der Waals surface area contributed by atoms with Crippen LogP contribution in [0.25, 0.3) is 16.8 Å². The summed E-state index contributed by atoms with van der Waals surface area (Å²) in [6.45, 7) is 1.09. The van der Waals surface area contributed by atoms with Crippen molar-refractivity contribution < 1.29 is 9.53 Å². The van der Waals surface area contributed by atoms with E-state index < -0.39 is 0 Å². The Hall–Kier alpha value is -4.22. The lowest BCUT2D eigenvalue weighted by atomic mass is 10.1. The summed E-state index contributed by atoms with van der Waals surface area (Å²) in [6.07, 6.45) is 6.86. The van der Waals surface area contributed by atoms with Crippen molar-refractivity contribution in [3.63, 3.8) is 0 Å². The highest BCUT2D eigenvalue weighted by Crippen LogP contribution is 2.28. The van der Waals surface area contributed by atoms with Crippen LogP contribution in [0.2, 0.25) is 4.34 Å². The van der Waals surface area contributed by atoms with Crippen LogP contribution in [-0.4, -0.2) is 42.3 Å². The van der Waals surface area contributed by atoms with Gasteiger partial charge in [-0.2, -0.15) is 5.10 Å². The topological polar surface area (TPSA) is 120 Å². The fourth-order valence-corrected chi connectivity index (χ4v) is 4.47. The highest BCUT2D eigenvalue weighted by molar-refractivity contribution is 7.17. The minimum absolute atomic E-state index is 0.196. The van der Waals surface area contributed by atoms with E-state index in [1.807, 2.05) is 24.4 Å². The van der Waals surface area contributed by atoms with Gasteiger partial charge in [-0.05, 0) is 48.0 Å². The van der Waals surface area contributed by atoms with Crippen LogP contribution in [0.15, 0.2) is 78.1 Å². The molecule has 5 aromatic rings. The van der Waals surface area contributed by atoms with Crippen LogP contribution in [0.4, 0.5) is 0 Å². The van der Waals surface area contributed by atoms with E-state index >= 15 is 0 Å². The van der Waals surface area contributed by atoms with Gasteiger partial charge in [0.25, 0.3) is 11.5 Å². The molecule has 12 heteroatoms. The van der Waals surface area contributed by atoms with E-state index in [1.165, 1.54) is 11.3 Å². The number of aromatic nitrogens is 6. The average Bonchev–Trinajstić information content (AvgIpc) is 3.66. The van der Waals surface area contributed by atoms with Crippen molar-refractivity contribution in [1.82, 2.24) is 35.1 Å². The van der Waals surface area contributed by atoms with Gasteiger partial charge in [-0.15, -0.1) is 16.4 Å². The zero-order valence-electron chi connectivity index (χ0n) is 18.8. The second-order valence-corrected chi connectivity index (χ2v) is 9.37. The lowest BCUT2D eigenvalue weighted by Gasteiger charge is -2.13. The number of carbonyl (C=O) groups is 1. The first-order valence-corrected chi connectivity index (χ1v) is 12.1. The molecule has 182 valence electrons. The molecule has 1 amide bonds. The predicted octanol–water partition coefficient (Wildman–Crippen LogP) is 3.54. The highest BCUT2D eigenvalue weighted by atomic mass is 35.5. The lowest BCUT2D eigenvalue weighted by Crippen LogP contribution is -2.21. The van der Waals surface area contributed by atoms with Crippen LogP contribution in [0.3, 0.4) is 0 Å². The molecule has 1 aromatic carbocycles. The Kier molecular flexibility index (Phi) is 6.92. The molecule has 0 aliphatic heterocycles. The molecular formula is C24H20ClN7O3S. The summed E-state index contributed by atoms with van der Waals surface area (Å²) in [7, 11) is 0. The summed E-state index contributed by atoms with van der Waals surface area (Å²) in [5.41, 5.74) is 2.24. The summed E-state index contributed by atoms with van der Waals surface area (Å²) in [4.78, 5) is 27.8. The Morgan fingerprint density at radius 1 is 1.19 bits per heavy atom. The maximum atomic E-state index is 12.3. The zero-order chi connectivity index (χ0) is 24.9. The Morgan fingerprint density at radius 3 is 2.89 bits per heavy atom. The van der Waals surface area contributed by atoms with E-state index in [4.69, 9.17) is 16.3 Å². The number of benzene rings is 1. The molecule has 0 unspecified atom stereocenters. The summed E-state index contributed by atoms with van der Waals surface area (Å²) >= 11 is 7.12. The number of thiophene rings is 1. The highest BCUT2D eigenvalue weighted by Gasteiger charge is 2.14. The normalized spacial score (nSPS) is 10.9. The van der Waals surface area contributed by atoms with Gasteiger partial charge in [-0.25, -0.2) is 4.68 Å². The van der Waals surface area contributed by atoms with Crippen molar-refractivity contribution in [2.24, 2.45) is 0 Å². The smallest absolute Gasteiger partial charge is 0.261 e. The number of halogens is 1. The standard InChI is InChI=1S/C24H20ClN7O3S/c25-22-7-6-21(36-22)24(34)27-14-17-15-32(30-29-17)19-5-4-16(18-3-1-8-26-23(18)33)13-20(19)35-12-11-31-10-2-9-28-31/h1-10,13,15H,11-12,14H2,(H,26,33)(H,27,34). The Bertz CT molecular complexity index is 1540. The van der Waals surface area contributed by atoms with E-state index in [2.05, 4.69) is 25.7 Å². The van der Waals surface area contributed by atoms with Crippen LogP contribution in [0.5, 0.6) is 5.75 Å². The molecule has 0 radical (unpaired) electrons. The molecule has 0 atom stereocenters. The van der Waals surface area contributed by atoms with E-state index in [-0.39, 0.29) is 18.0 Å². The van der Waals surface area contributed by atoms with Crippen LogP contribution in [0, 0.1) is 0 Å². The molecule has 0 saturated carbocycles. The lowest BCUT2D eigenvalue weighted by molar-refractivity contribution is 0.0954. The van der Waals surface area contributed by atoms with Gasteiger partial charge in [0.15, 0.2) is 0 Å².